The lowest BCUT2D eigenvalue weighted by atomic mass is 10.1. The molecule has 0 bridgehead atoms. The van der Waals surface area contributed by atoms with Gasteiger partial charge in [-0.3, -0.25) is 0 Å². The Labute approximate surface area is 111 Å². The highest BCUT2D eigenvalue weighted by molar-refractivity contribution is 7.89. The number of halogens is 1. The molecule has 0 radical (unpaired) electrons. The topological polar surface area (TPSA) is 49.4 Å². The van der Waals surface area contributed by atoms with Gasteiger partial charge in [-0.1, -0.05) is 12.8 Å². The van der Waals surface area contributed by atoms with Crippen molar-refractivity contribution in [2.45, 2.75) is 32.1 Å². The first kappa shape index (κ1) is 15.2. The molecular formula is C11H23ClN2O2S. The summed E-state index contributed by atoms with van der Waals surface area (Å²) in [6.45, 7) is 3.08. The second-order valence-corrected chi connectivity index (χ2v) is 6.95. The van der Waals surface area contributed by atoms with Gasteiger partial charge in [-0.05, 0) is 31.7 Å². The predicted octanol–water partition coefficient (Wildman–Crippen LogP) is 1.22. The Hall–Kier alpha value is 0.160. The number of hydrogen-bond donors (Lipinski definition) is 1. The summed E-state index contributed by atoms with van der Waals surface area (Å²) in [5, 5.41) is 3.24. The van der Waals surface area contributed by atoms with Gasteiger partial charge in [0.25, 0.3) is 0 Å². The Morgan fingerprint density at radius 3 is 2.47 bits per heavy atom. The van der Waals surface area contributed by atoms with Crippen molar-refractivity contribution in [3.8, 4) is 0 Å². The van der Waals surface area contributed by atoms with E-state index in [1.807, 2.05) is 0 Å². The Morgan fingerprint density at radius 1 is 1.06 bits per heavy atom. The highest BCUT2D eigenvalue weighted by atomic mass is 35.5. The third-order valence-corrected chi connectivity index (χ3v) is 5.66. The van der Waals surface area contributed by atoms with E-state index in [1.165, 1.54) is 12.8 Å². The molecular weight excluding hydrogens is 260 g/mol. The Kier molecular flexibility index (Phi) is 6.20. The summed E-state index contributed by atoms with van der Waals surface area (Å²) in [5.74, 6) is 0.800. The summed E-state index contributed by atoms with van der Waals surface area (Å²) in [5.41, 5.74) is 0. The minimum atomic E-state index is -3.00. The minimum Gasteiger partial charge on any atom is -0.315 e. The standard InChI is InChI=1S/C11H22N2O2S.ClH/c14-16(15,10-11-4-1-2-5-11)13-8-3-6-12-7-9-13;/h11-12H,1-10H2;1H. The fourth-order valence-electron chi connectivity index (χ4n) is 2.68. The van der Waals surface area contributed by atoms with Crippen molar-refractivity contribution in [1.82, 2.24) is 9.62 Å². The van der Waals surface area contributed by atoms with E-state index in [-0.39, 0.29) is 12.4 Å². The largest absolute Gasteiger partial charge is 0.315 e. The second kappa shape index (κ2) is 6.92. The maximum Gasteiger partial charge on any atom is 0.214 e. The van der Waals surface area contributed by atoms with Crippen LogP contribution in [-0.2, 0) is 10.0 Å². The summed E-state index contributed by atoms with van der Waals surface area (Å²) >= 11 is 0. The molecule has 1 saturated heterocycles. The predicted molar refractivity (Wildman–Crippen MR) is 72.1 cm³/mol. The van der Waals surface area contributed by atoms with Crippen molar-refractivity contribution in [2.24, 2.45) is 5.92 Å². The monoisotopic (exact) mass is 282 g/mol. The van der Waals surface area contributed by atoms with Gasteiger partial charge in [-0.2, -0.15) is 0 Å². The van der Waals surface area contributed by atoms with Crippen LogP contribution in [0, 0.1) is 5.92 Å². The molecule has 2 rings (SSSR count). The van der Waals surface area contributed by atoms with Crippen molar-refractivity contribution in [3.05, 3.63) is 0 Å². The van der Waals surface area contributed by atoms with Crippen molar-refractivity contribution in [3.63, 3.8) is 0 Å². The summed E-state index contributed by atoms with van der Waals surface area (Å²) in [6.07, 6.45) is 5.56. The van der Waals surface area contributed by atoms with Gasteiger partial charge in [0.05, 0.1) is 5.75 Å². The van der Waals surface area contributed by atoms with Gasteiger partial charge in [0.1, 0.15) is 0 Å². The van der Waals surface area contributed by atoms with Crippen LogP contribution < -0.4 is 5.32 Å². The molecule has 0 aromatic heterocycles. The molecule has 1 heterocycles. The Morgan fingerprint density at radius 2 is 1.76 bits per heavy atom. The first-order valence-electron chi connectivity index (χ1n) is 6.37. The van der Waals surface area contributed by atoms with E-state index in [9.17, 15) is 8.42 Å². The van der Waals surface area contributed by atoms with Crippen molar-refractivity contribution in [1.29, 1.82) is 0 Å². The van der Waals surface area contributed by atoms with Crippen LogP contribution >= 0.6 is 12.4 Å². The first-order chi connectivity index (χ1) is 7.68. The molecule has 6 heteroatoms. The molecule has 102 valence electrons. The van der Waals surface area contributed by atoms with Gasteiger partial charge >= 0.3 is 0 Å². The normalized spacial score (nSPS) is 24.2. The summed E-state index contributed by atoms with van der Waals surface area (Å²) in [4.78, 5) is 0. The first-order valence-corrected chi connectivity index (χ1v) is 7.98. The molecule has 2 aliphatic rings. The van der Waals surface area contributed by atoms with Crippen LogP contribution in [0.4, 0.5) is 0 Å². The van der Waals surface area contributed by atoms with Crippen LogP contribution in [0.5, 0.6) is 0 Å². The fraction of sp³-hybridized carbons (Fsp3) is 1.00. The lowest BCUT2D eigenvalue weighted by Crippen LogP contribution is -2.37. The molecule has 0 spiro atoms. The number of rotatable bonds is 3. The third kappa shape index (κ3) is 4.39. The molecule has 1 aliphatic heterocycles. The molecule has 1 N–H and O–H groups in total. The average Bonchev–Trinajstić information content (AvgIpc) is 2.56. The third-order valence-electron chi connectivity index (χ3n) is 3.61. The van der Waals surface area contributed by atoms with E-state index in [2.05, 4.69) is 5.32 Å². The molecule has 4 nitrogen and oxygen atoms in total. The van der Waals surface area contributed by atoms with Crippen LogP contribution in [0.1, 0.15) is 32.1 Å². The van der Waals surface area contributed by atoms with Crippen LogP contribution in [0.15, 0.2) is 0 Å². The van der Waals surface area contributed by atoms with Gasteiger partial charge in [0, 0.05) is 19.6 Å². The van der Waals surface area contributed by atoms with Gasteiger partial charge in [0.15, 0.2) is 0 Å². The summed E-state index contributed by atoms with van der Waals surface area (Å²) in [7, 11) is -3.00. The highest BCUT2D eigenvalue weighted by Gasteiger charge is 2.28. The van der Waals surface area contributed by atoms with Crippen LogP contribution in [0.25, 0.3) is 0 Å². The van der Waals surface area contributed by atoms with E-state index in [1.54, 1.807) is 4.31 Å². The van der Waals surface area contributed by atoms with E-state index >= 15 is 0 Å². The number of sulfonamides is 1. The average molecular weight is 283 g/mol. The zero-order valence-corrected chi connectivity index (χ0v) is 11.9. The van der Waals surface area contributed by atoms with E-state index in [0.717, 1.165) is 32.4 Å². The summed E-state index contributed by atoms with van der Waals surface area (Å²) in [6, 6.07) is 0. The van der Waals surface area contributed by atoms with Crippen LogP contribution in [0.3, 0.4) is 0 Å². The summed E-state index contributed by atoms with van der Waals surface area (Å²) < 4.78 is 26.1. The van der Waals surface area contributed by atoms with Crippen molar-refractivity contribution in [2.75, 3.05) is 31.9 Å². The number of nitrogens with one attached hydrogen (secondary N) is 1. The lowest BCUT2D eigenvalue weighted by molar-refractivity contribution is 0.423. The zero-order valence-electron chi connectivity index (χ0n) is 10.2. The van der Waals surface area contributed by atoms with E-state index in [0.29, 0.717) is 24.8 Å². The Bertz CT molecular complexity index is 307. The maximum atomic E-state index is 12.2. The minimum absolute atomic E-state index is 0. The molecule has 0 unspecified atom stereocenters. The van der Waals surface area contributed by atoms with Crippen molar-refractivity contribution >= 4 is 22.4 Å². The fourth-order valence-corrected chi connectivity index (χ4v) is 4.60. The maximum absolute atomic E-state index is 12.2. The van der Waals surface area contributed by atoms with Gasteiger partial charge in [-0.15, -0.1) is 12.4 Å². The van der Waals surface area contributed by atoms with Gasteiger partial charge < -0.3 is 5.32 Å². The quantitative estimate of drug-likeness (QED) is 0.847. The molecule has 0 atom stereocenters. The number of hydrogen-bond acceptors (Lipinski definition) is 3. The highest BCUT2D eigenvalue weighted by Crippen LogP contribution is 2.26. The van der Waals surface area contributed by atoms with Crippen LogP contribution in [0.2, 0.25) is 0 Å². The molecule has 0 amide bonds. The zero-order chi connectivity index (χ0) is 11.4. The molecule has 0 aromatic carbocycles. The molecule has 0 aromatic rings. The Balaban J connectivity index is 0.00000144. The molecule has 17 heavy (non-hydrogen) atoms. The SMILES string of the molecule is Cl.O=S(=O)(CC1CCCC1)N1CCCNCC1. The lowest BCUT2D eigenvalue weighted by Gasteiger charge is -2.21. The number of nitrogens with zero attached hydrogens (tertiary/aromatic N) is 1. The van der Waals surface area contributed by atoms with Crippen molar-refractivity contribution < 1.29 is 8.42 Å². The van der Waals surface area contributed by atoms with E-state index < -0.39 is 10.0 Å². The second-order valence-electron chi connectivity index (χ2n) is 4.93. The van der Waals surface area contributed by atoms with Crippen LogP contribution in [-0.4, -0.2) is 44.7 Å². The molecule has 1 saturated carbocycles. The van der Waals surface area contributed by atoms with Gasteiger partial charge in [0.2, 0.25) is 10.0 Å². The van der Waals surface area contributed by atoms with E-state index in [4.69, 9.17) is 0 Å². The smallest absolute Gasteiger partial charge is 0.214 e. The van der Waals surface area contributed by atoms with Gasteiger partial charge in [-0.25, -0.2) is 12.7 Å². The molecule has 2 fully saturated rings. The molecule has 1 aliphatic carbocycles.